The van der Waals surface area contributed by atoms with E-state index in [0.29, 0.717) is 17.1 Å². The van der Waals surface area contributed by atoms with Crippen LogP contribution in [0.3, 0.4) is 0 Å². The molecular weight excluding hydrogens is 302 g/mol. The summed E-state index contributed by atoms with van der Waals surface area (Å²) in [6.07, 6.45) is -1.02. The first-order valence-corrected chi connectivity index (χ1v) is 7.10. The highest BCUT2D eigenvalue weighted by Crippen LogP contribution is 2.35. The Morgan fingerprint density at radius 3 is 2.35 bits per heavy atom. The van der Waals surface area contributed by atoms with Gasteiger partial charge < -0.3 is 24.6 Å². The molecule has 7 heteroatoms. The van der Waals surface area contributed by atoms with E-state index in [0.717, 1.165) is 0 Å². The van der Waals surface area contributed by atoms with Crippen LogP contribution in [0.5, 0.6) is 11.5 Å². The van der Waals surface area contributed by atoms with Gasteiger partial charge in [-0.25, -0.2) is 4.79 Å². The first-order chi connectivity index (χ1) is 10.7. The third-order valence-corrected chi connectivity index (χ3v) is 2.88. The molecule has 0 heterocycles. The van der Waals surface area contributed by atoms with Crippen LogP contribution in [0.1, 0.15) is 38.8 Å². The highest BCUT2D eigenvalue weighted by molar-refractivity contribution is 5.73. The number of ether oxygens (including phenoxy) is 3. The Morgan fingerprint density at radius 2 is 1.87 bits per heavy atom. The predicted molar refractivity (Wildman–Crippen MR) is 83.9 cm³/mol. The molecule has 1 rings (SSSR count). The quantitative estimate of drug-likeness (QED) is 0.835. The van der Waals surface area contributed by atoms with Gasteiger partial charge in [0.2, 0.25) is 0 Å². The first kappa shape index (κ1) is 18.6. The number of hydrogen-bond donors (Lipinski definition) is 2. The highest BCUT2D eigenvalue weighted by atomic mass is 16.6. The molecule has 0 fully saturated rings. The Kier molecular flexibility index (Phi) is 6.24. The van der Waals surface area contributed by atoms with Crippen molar-refractivity contribution in [2.75, 3.05) is 14.2 Å². The lowest BCUT2D eigenvalue weighted by molar-refractivity contribution is -0.137. The number of amides is 1. The second-order valence-electron chi connectivity index (χ2n) is 5.88. The van der Waals surface area contributed by atoms with Crippen molar-refractivity contribution in [3.63, 3.8) is 0 Å². The summed E-state index contributed by atoms with van der Waals surface area (Å²) in [7, 11) is 2.93. The van der Waals surface area contributed by atoms with Crippen molar-refractivity contribution in [2.45, 2.75) is 38.8 Å². The van der Waals surface area contributed by atoms with Gasteiger partial charge in [-0.1, -0.05) is 12.1 Å². The lowest BCUT2D eigenvalue weighted by Crippen LogP contribution is -2.36. The molecule has 0 aliphatic heterocycles. The van der Waals surface area contributed by atoms with Gasteiger partial charge in [0.1, 0.15) is 5.60 Å². The second kappa shape index (κ2) is 7.71. The molecule has 0 radical (unpaired) electrons. The minimum Gasteiger partial charge on any atom is -0.493 e. The van der Waals surface area contributed by atoms with Crippen LogP contribution in [0.2, 0.25) is 0 Å². The number of carbonyl (C=O) groups excluding carboxylic acids is 1. The molecule has 1 aromatic rings. The van der Waals surface area contributed by atoms with Gasteiger partial charge in [0, 0.05) is 5.56 Å². The molecule has 1 unspecified atom stereocenters. The summed E-state index contributed by atoms with van der Waals surface area (Å²) < 4.78 is 15.7. The fourth-order valence-corrected chi connectivity index (χ4v) is 2.05. The second-order valence-corrected chi connectivity index (χ2v) is 5.88. The van der Waals surface area contributed by atoms with Crippen molar-refractivity contribution in [1.82, 2.24) is 5.32 Å². The van der Waals surface area contributed by atoms with E-state index in [9.17, 15) is 9.59 Å². The average molecular weight is 325 g/mol. The van der Waals surface area contributed by atoms with Gasteiger partial charge in [-0.15, -0.1) is 0 Å². The third kappa shape index (κ3) is 5.69. The lowest BCUT2D eigenvalue weighted by atomic mass is 10.0. The van der Waals surface area contributed by atoms with E-state index < -0.39 is 23.7 Å². The minimum atomic E-state index is -1.06. The number of benzene rings is 1. The predicted octanol–water partition coefficient (Wildman–Crippen LogP) is 2.74. The molecule has 0 spiro atoms. The molecule has 0 bridgehead atoms. The number of nitrogens with one attached hydrogen (secondary N) is 1. The molecule has 0 aromatic heterocycles. The maximum Gasteiger partial charge on any atom is 0.408 e. The van der Waals surface area contributed by atoms with Gasteiger partial charge in [0.05, 0.1) is 26.7 Å². The molecule has 0 aliphatic carbocycles. The molecule has 1 aromatic carbocycles. The number of carbonyl (C=O) groups is 2. The van der Waals surface area contributed by atoms with Gasteiger partial charge in [-0.2, -0.15) is 0 Å². The summed E-state index contributed by atoms with van der Waals surface area (Å²) in [5, 5.41) is 11.7. The normalized spacial score (nSPS) is 12.2. The molecule has 0 aliphatic rings. The molecule has 128 valence electrons. The molecule has 7 nitrogen and oxygen atoms in total. The van der Waals surface area contributed by atoms with Crippen molar-refractivity contribution < 1.29 is 28.9 Å². The maximum atomic E-state index is 12.0. The number of rotatable bonds is 6. The fraction of sp³-hybridized carbons (Fsp3) is 0.500. The van der Waals surface area contributed by atoms with Crippen LogP contribution in [0.25, 0.3) is 0 Å². The summed E-state index contributed by atoms with van der Waals surface area (Å²) in [5.41, 5.74) is -0.184. The molecule has 1 atom stereocenters. The van der Waals surface area contributed by atoms with Crippen LogP contribution in [0.15, 0.2) is 18.2 Å². The number of hydrogen-bond acceptors (Lipinski definition) is 5. The van der Waals surface area contributed by atoms with Gasteiger partial charge in [-0.05, 0) is 26.8 Å². The van der Waals surface area contributed by atoms with Gasteiger partial charge >= 0.3 is 12.1 Å². The summed E-state index contributed by atoms with van der Waals surface area (Å²) in [6, 6.07) is 4.25. The summed E-state index contributed by atoms with van der Waals surface area (Å²) >= 11 is 0. The van der Waals surface area contributed by atoms with Crippen LogP contribution in [-0.2, 0) is 9.53 Å². The van der Waals surface area contributed by atoms with Crippen LogP contribution in [0.4, 0.5) is 4.79 Å². The number of carboxylic acids is 1. The number of methoxy groups -OCH3 is 2. The van der Waals surface area contributed by atoms with Crippen LogP contribution >= 0.6 is 0 Å². The van der Waals surface area contributed by atoms with Crippen LogP contribution in [0, 0.1) is 0 Å². The highest BCUT2D eigenvalue weighted by Gasteiger charge is 2.26. The topological polar surface area (TPSA) is 94.1 Å². The van der Waals surface area contributed by atoms with E-state index in [-0.39, 0.29) is 6.42 Å². The largest absolute Gasteiger partial charge is 0.493 e. The van der Waals surface area contributed by atoms with E-state index >= 15 is 0 Å². The Hall–Kier alpha value is -2.44. The zero-order valence-corrected chi connectivity index (χ0v) is 14.0. The summed E-state index contributed by atoms with van der Waals surface area (Å²) in [4.78, 5) is 23.1. The van der Waals surface area contributed by atoms with Crippen molar-refractivity contribution in [3.8, 4) is 11.5 Å². The van der Waals surface area contributed by atoms with E-state index in [4.69, 9.17) is 19.3 Å². The van der Waals surface area contributed by atoms with E-state index in [1.165, 1.54) is 14.2 Å². The van der Waals surface area contributed by atoms with E-state index in [2.05, 4.69) is 5.32 Å². The number of para-hydroxylation sites is 1. The Bertz CT molecular complexity index is 564. The Morgan fingerprint density at radius 1 is 1.22 bits per heavy atom. The van der Waals surface area contributed by atoms with Crippen LogP contribution in [-0.4, -0.2) is 37.0 Å². The molecule has 2 N–H and O–H groups in total. The Labute approximate surface area is 135 Å². The number of alkyl carbamates (subject to hydrolysis) is 1. The Balaban J connectivity index is 3.12. The SMILES string of the molecule is COc1cccc(C(CC(=O)O)NC(=O)OC(C)(C)C)c1OC. The van der Waals surface area contributed by atoms with Crippen molar-refractivity contribution in [2.24, 2.45) is 0 Å². The molecular formula is C16H23NO6. The summed E-state index contributed by atoms with van der Waals surface area (Å²) in [6.45, 7) is 5.18. The number of carboxylic acid groups (broad SMARTS) is 1. The third-order valence-electron chi connectivity index (χ3n) is 2.88. The van der Waals surface area contributed by atoms with E-state index in [1.807, 2.05) is 0 Å². The van der Waals surface area contributed by atoms with Gasteiger partial charge in [0.15, 0.2) is 11.5 Å². The van der Waals surface area contributed by atoms with E-state index in [1.54, 1.807) is 39.0 Å². The van der Waals surface area contributed by atoms with Gasteiger partial charge in [0.25, 0.3) is 0 Å². The van der Waals surface area contributed by atoms with Crippen molar-refractivity contribution in [3.05, 3.63) is 23.8 Å². The lowest BCUT2D eigenvalue weighted by Gasteiger charge is -2.24. The van der Waals surface area contributed by atoms with Crippen molar-refractivity contribution in [1.29, 1.82) is 0 Å². The molecule has 0 saturated heterocycles. The number of aliphatic carboxylic acids is 1. The van der Waals surface area contributed by atoms with Crippen molar-refractivity contribution >= 4 is 12.1 Å². The molecule has 23 heavy (non-hydrogen) atoms. The monoisotopic (exact) mass is 325 g/mol. The fourth-order valence-electron chi connectivity index (χ4n) is 2.05. The molecule has 0 saturated carbocycles. The minimum absolute atomic E-state index is 0.317. The summed E-state index contributed by atoms with van der Waals surface area (Å²) in [5.74, 6) is -0.236. The standard InChI is InChI=1S/C16H23NO6/c1-16(2,3)23-15(20)17-11(9-13(18)19)10-7-6-8-12(21-4)14(10)22-5/h6-8,11H,9H2,1-5H3,(H,17,20)(H,18,19). The first-order valence-electron chi connectivity index (χ1n) is 7.10. The average Bonchev–Trinajstić information content (AvgIpc) is 2.43. The smallest absolute Gasteiger partial charge is 0.408 e. The zero-order chi connectivity index (χ0) is 17.6. The van der Waals surface area contributed by atoms with Gasteiger partial charge in [-0.3, -0.25) is 4.79 Å². The molecule has 1 amide bonds. The zero-order valence-electron chi connectivity index (χ0n) is 14.0. The van der Waals surface area contributed by atoms with Crippen LogP contribution < -0.4 is 14.8 Å². The maximum absolute atomic E-state index is 12.0.